The first-order chi connectivity index (χ1) is 12.3. The van der Waals surface area contributed by atoms with Crippen molar-refractivity contribution in [3.05, 3.63) is 0 Å². The maximum Gasteiger partial charge on any atom is 0.236 e. The Labute approximate surface area is 162 Å². The first-order valence-electron chi connectivity index (χ1n) is 8.60. The fourth-order valence-electron chi connectivity index (χ4n) is 1.93. The summed E-state index contributed by atoms with van der Waals surface area (Å²) in [5, 5.41) is 0. The number of rotatable bonds is 10. The number of likely N-dealkylation sites (N-methyl/N-ethyl adjacent to an activating group) is 4. The molecule has 0 aromatic heterocycles. The standard InChI is InChI=1S/C17H34N6O4/c1-18(2)14(24)9-22(10-15(25)19(3)4)13-23(11-16(26)20(5)6)12-17(27)21(7)8/h9-13H2,1-8H3. The van der Waals surface area contributed by atoms with Gasteiger partial charge in [0.05, 0.1) is 32.8 Å². The van der Waals surface area contributed by atoms with E-state index in [1.54, 1.807) is 66.2 Å². The molecule has 0 N–H and O–H groups in total. The number of nitrogens with zero attached hydrogens (tertiary/aromatic N) is 6. The van der Waals surface area contributed by atoms with Crippen molar-refractivity contribution < 1.29 is 19.2 Å². The molecule has 27 heavy (non-hydrogen) atoms. The quantitative estimate of drug-likeness (QED) is 0.400. The van der Waals surface area contributed by atoms with Gasteiger partial charge >= 0.3 is 0 Å². The summed E-state index contributed by atoms with van der Waals surface area (Å²) in [5.74, 6) is -0.669. The van der Waals surface area contributed by atoms with Crippen LogP contribution in [-0.2, 0) is 19.2 Å². The molecule has 0 aliphatic carbocycles. The van der Waals surface area contributed by atoms with Crippen molar-refractivity contribution >= 4 is 23.6 Å². The van der Waals surface area contributed by atoms with E-state index in [4.69, 9.17) is 0 Å². The lowest BCUT2D eigenvalue weighted by atomic mass is 10.3. The van der Waals surface area contributed by atoms with Crippen LogP contribution in [0.2, 0.25) is 0 Å². The fraction of sp³-hybridized carbons (Fsp3) is 0.765. The molecule has 0 saturated carbocycles. The van der Waals surface area contributed by atoms with E-state index in [2.05, 4.69) is 0 Å². The monoisotopic (exact) mass is 386 g/mol. The van der Waals surface area contributed by atoms with Gasteiger partial charge in [-0.15, -0.1) is 0 Å². The summed E-state index contributed by atoms with van der Waals surface area (Å²) in [7, 11) is 13.1. The Bertz CT molecular complexity index is 444. The molecule has 0 rings (SSSR count). The first kappa shape index (κ1) is 24.8. The summed E-state index contributed by atoms with van der Waals surface area (Å²) in [5.41, 5.74) is 0. The third-order valence-electron chi connectivity index (χ3n) is 3.83. The van der Waals surface area contributed by atoms with Crippen LogP contribution in [-0.4, -0.2) is 142 Å². The average molecular weight is 386 g/mol. The van der Waals surface area contributed by atoms with Gasteiger partial charge in [-0.05, 0) is 0 Å². The van der Waals surface area contributed by atoms with Gasteiger partial charge in [-0.1, -0.05) is 0 Å². The molecule has 0 heterocycles. The van der Waals surface area contributed by atoms with Crippen molar-refractivity contribution in [1.82, 2.24) is 29.4 Å². The summed E-state index contributed by atoms with van der Waals surface area (Å²) in [6.45, 7) is 0.174. The van der Waals surface area contributed by atoms with E-state index in [1.807, 2.05) is 0 Å². The molecule has 0 fully saturated rings. The maximum atomic E-state index is 12.1. The number of carbonyl (C=O) groups is 4. The minimum atomic E-state index is -0.167. The summed E-state index contributed by atoms with van der Waals surface area (Å²) in [4.78, 5) is 57.6. The molecule has 0 bridgehead atoms. The molecule has 0 spiro atoms. The number of hydrogen-bond donors (Lipinski definition) is 0. The molecule has 4 amide bonds. The van der Waals surface area contributed by atoms with E-state index in [1.165, 1.54) is 19.6 Å². The van der Waals surface area contributed by atoms with Crippen LogP contribution in [0.1, 0.15) is 0 Å². The van der Waals surface area contributed by atoms with Gasteiger partial charge in [0.1, 0.15) is 0 Å². The molecule has 0 saturated heterocycles. The summed E-state index contributed by atoms with van der Waals surface area (Å²) in [6, 6.07) is 0. The second kappa shape index (κ2) is 11.5. The van der Waals surface area contributed by atoms with Gasteiger partial charge in [0.15, 0.2) is 0 Å². The molecule has 0 aliphatic heterocycles. The zero-order chi connectivity index (χ0) is 21.3. The number of carbonyl (C=O) groups excluding carboxylic acids is 4. The Morgan fingerprint density at radius 3 is 0.778 bits per heavy atom. The Morgan fingerprint density at radius 2 is 0.630 bits per heavy atom. The van der Waals surface area contributed by atoms with Gasteiger partial charge in [-0.25, -0.2) is 0 Å². The number of hydrogen-bond acceptors (Lipinski definition) is 6. The van der Waals surface area contributed by atoms with Gasteiger partial charge in [-0.3, -0.25) is 29.0 Å². The lowest BCUT2D eigenvalue weighted by Crippen LogP contribution is -2.51. The van der Waals surface area contributed by atoms with E-state index >= 15 is 0 Å². The minimum absolute atomic E-state index is 0.00932. The van der Waals surface area contributed by atoms with Crippen molar-refractivity contribution in [3.63, 3.8) is 0 Å². The van der Waals surface area contributed by atoms with E-state index in [-0.39, 0.29) is 56.5 Å². The topological polar surface area (TPSA) is 87.7 Å². The summed E-state index contributed by atoms with van der Waals surface area (Å²) < 4.78 is 0. The van der Waals surface area contributed by atoms with Gasteiger partial charge in [0.2, 0.25) is 23.6 Å². The van der Waals surface area contributed by atoms with Gasteiger partial charge in [-0.2, -0.15) is 0 Å². The van der Waals surface area contributed by atoms with Crippen molar-refractivity contribution in [2.24, 2.45) is 0 Å². The largest absolute Gasteiger partial charge is 0.348 e. The Hall–Kier alpha value is -2.20. The Morgan fingerprint density at radius 1 is 0.444 bits per heavy atom. The molecule has 156 valence electrons. The molecule has 10 nitrogen and oxygen atoms in total. The van der Waals surface area contributed by atoms with E-state index < -0.39 is 0 Å². The van der Waals surface area contributed by atoms with Gasteiger partial charge < -0.3 is 19.6 Å². The van der Waals surface area contributed by atoms with E-state index in [0.29, 0.717) is 0 Å². The molecular formula is C17H34N6O4. The molecule has 0 unspecified atom stereocenters. The Balaban J connectivity index is 5.37. The predicted octanol–water partition coefficient (Wildman–Crippen LogP) is -2.10. The average Bonchev–Trinajstić information content (AvgIpc) is 2.53. The second-order valence-corrected chi connectivity index (χ2v) is 7.27. The van der Waals surface area contributed by atoms with Crippen LogP contribution in [0.5, 0.6) is 0 Å². The predicted molar refractivity (Wildman–Crippen MR) is 103 cm³/mol. The van der Waals surface area contributed by atoms with Crippen LogP contribution < -0.4 is 0 Å². The highest BCUT2D eigenvalue weighted by atomic mass is 16.2. The van der Waals surface area contributed by atoms with Crippen LogP contribution in [0, 0.1) is 0 Å². The van der Waals surface area contributed by atoms with Crippen LogP contribution in [0.15, 0.2) is 0 Å². The van der Waals surface area contributed by atoms with Crippen LogP contribution in [0.3, 0.4) is 0 Å². The SMILES string of the molecule is CN(C)C(=O)CN(CC(=O)N(C)C)CN(CC(=O)N(C)C)CC(=O)N(C)C. The van der Waals surface area contributed by atoms with Crippen LogP contribution >= 0.6 is 0 Å². The summed E-state index contributed by atoms with van der Waals surface area (Å²) >= 11 is 0. The van der Waals surface area contributed by atoms with Crippen LogP contribution in [0.4, 0.5) is 0 Å². The van der Waals surface area contributed by atoms with Gasteiger partial charge in [0, 0.05) is 56.4 Å². The lowest BCUT2D eigenvalue weighted by molar-refractivity contribution is -0.136. The highest BCUT2D eigenvalue weighted by molar-refractivity contribution is 5.82. The molecule has 10 heteroatoms. The van der Waals surface area contributed by atoms with Crippen molar-refractivity contribution in [2.45, 2.75) is 0 Å². The number of amides is 4. The lowest BCUT2D eigenvalue weighted by Gasteiger charge is -2.31. The third-order valence-corrected chi connectivity index (χ3v) is 3.83. The molecule has 0 aromatic carbocycles. The molecular weight excluding hydrogens is 352 g/mol. The van der Waals surface area contributed by atoms with Crippen LogP contribution in [0.25, 0.3) is 0 Å². The van der Waals surface area contributed by atoms with Gasteiger partial charge in [0.25, 0.3) is 0 Å². The first-order valence-corrected chi connectivity index (χ1v) is 8.60. The normalized spacial score (nSPS) is 10.7. The van der Waals surface area contributed by atoms with E-state index in [0.717, 1.165) is 0 Å². The van der Waals surface area contributed by atoms with Crippen molar-refractivity contribution in [3.8, 4) is 0 Å². The zero-order valence-corrected chi connectivity index (χ0v) is 17.9. The fourth-order valence-corrected chi connectivity index (χ4v) is 1.93. The highest BCUT2D eigenvalue weighted by Gasteiger charge is 2.23. The molecule has 0 radical (unpaired) electrons. The smallest absolute Gasteiger partial charge is 0.236 e. The Kier molecular flexibility index (Phi) is 10.6. The molecule has 0 atom stereocenters. The molecule has 0 aromatic rings. The third kappa shape index (κ3) is 9.90. The second-order valence-electron chi connectivity index (χ2n) is 7.27. The van der Waals surface area contributed by atoms with Crippen molar-refractivity contribution in [2.75, 3.05) is 89.2 Å². The molecule has 0 aliphatic rings. The van der Waals surface area contributed by atoms with E-state index in [9.17, 15) is 19.2 Å². The maximum absolute atomic E-state index is 12.1. The zero-order valence-electron chi connectivity index (χ0n) is 17.9. The highest BCUT2D eigenvalue weighted by Crippen LogP contribution is 2.00. The minimum Gasteiger partial charge on any atom is -0.348 e. The summed E-state index contributed by atoms with van der Waals surface area (Å²) in [6.07, 6.45) is 0. The van der Waals surface area contributed by atoms with Crippen molar-refractivity contribution in [1.29, 1.82) is 0 Å².